The van der Waals surface area contributed by atoms with Crippen molar-refractivity contribution in [3.05, 3.63) is 109 Å². The number of benzene rings is 3. The second-order valence-electron chi connectivity index (χ2n) is 6.90. The molecule has 3 aromatic carbocycles. The molecule has 0 fully saturated rings. The number of halogens is 1. The van der Waals surface area contributed by atoms with Crippen molar-refractivity contribution in [2.75, 3.05) is 10.0 Å². The SMILES string of the molecule is O=C(Nc1ccc(Oc2cccc(F)c2)cc1)c1ccc(S(=O)(=O)Nc2ccncc2)cc1. The van der Waals surface area contributed by atoms with Crippen molar-refractivity contribution in [3.63, 3.8) is 0 Å². The topological polar surface area (TPSA) is 97.4 Å². The Balaban J connectivity index is 1.39. The molecular weight excluding hydrogens is 445 g/mol. The number of nitrogens with one attached hydrogen (secondary N) is 2. The van der Waals surface area contributed by atoms with Crippen LogP contribution < -0.4 is 14.8 Å². The number of hydrogen-bond donors (Lipinski definition) is 2. The number of hydrogen-bond acceptors (Lipinski definition) is 5. The highest BCUT2D eigenvalue weighted by molar-refractivity contribution is 7.92. The summed E-state index contributed by atoms with van der Waals surface area (Å²) in [4.78, 5) is 16.4. The van der Waals surface area contributed by atoms with E-state index in [1.165, 1.54) is 60.9 Å². The fourth-order valence-corrected chi connectivity index (χ4v) is 3.95. The van der Waals surface area contributed by atoms with Crippen LogP contribution in [0.4, 0.5) is 15.8 Å². The van der Waals surface area contributed by atoms with Gasteiger partial charge in [0.2, 0.25) is 0 Å². The molecule has 0 radical (unpaired) electrons. The fraction of sp³-hybridized carbons (Fsp3) is 0. The minimum absolute atomic E-state index is 0.0229. The molecule has 0 saturated heterocycles. The minimum atomic E-state index is -3.79. The summed E-state index contributed by atoms with van der Waals surface area (Å²) in [5, 5.41) is 2.73. The molecule has 33 heavy (non-hydrogen) atoms. The molecule has 0 aliphatic rings. The van der Waals surface area contributed by atoms with Crippen molar-refractivity contribution in [1.29, 1.82) is 0 Å². The van der Waals surface area contributed by atoms with E-state index in [0.717, 1.165) is 0 Å². The van der Waals surface area contributed by atoms with Gasteiger partial charge in [0.1, 0.15) is 17.3 Å². The van der Waals surface area contributed by atoms with Crippen LogP contribution in [0.25, 0.3) is 0 Å². The lowest BCUT2D eigenvalue weighted by atomic mass is 10.2. The van der Waals surface area contributed by atoms with Gasteiger partial charge in [0, 0.05) is 29.7 Å². The third-order valence-corrected chi connectivity index (χ3v) is 5.90. The number of pyridine rings is 1. The predicted octanol–water partition coefficient (Wildman–Crippen LogP) is 5.07. The average Bonchev–Trinajstić information content (AvgIpc) is 2.81. The van der Waals surface area contributed by atoms with Gasteiger partial charge in [-0.05, 0) is 72.8 Å². The molecule has 9 heteroatoms. The van der Waals surface area contributed by atoms with Gasteiger partial charge >= 0.3 is 0 Å². The first-order valence-corrected chi connectivity index (χ1v) is 11.3. The Morgan fingerprint density at radius 2 is 1.52 bits per heavy atom. The summed E-state index contributed by atoms with van der Waals surface area (Å²) in [7, 11) is -3.79. The molecule has 4 rings (SSSR count). The number of rotatable bonds is 7. The van der Waals surface area contributed by atoms with Gasteiger partial charge in [0.25, 0.3) is 15.9 Å². The molecule has 0 unspecified atom stereocenters. The summed E-state index contributed by atoms with van der Waals surface area (Å²) >= 11 is 0. The van der Waals surface area contributed by atoms with Crippen molar-refractivity contribution in [2.45, 2.75) is 4.90 Å². The van der Waals surface area contributed by atoms with E-state index in [4.69, 9.17) is 4.74 Å². The highest BCUT2D eigenvalue weighted by Crippen LogP contribution is 2.24. The number of nitrogens with zero attached hydrogens (tertiary/aromatic N) is 1. The van der Waals surface area contributed by atoms with Gasteiger partial charge in [-0.25, -0.2) is 12.8 Å². The van der Waals surface area contributed by atoms with Crippen molar-refractivity contribution in [3.8, 4) is 11.5 Å². The van der Waals surface area contributed by atoms with Gasteiger partial charge in [0.05, 0.1) is 10.6 Å². The summed E-state index contributed by atoms with van der Waals surface area (Å²) in [6, 6.07) is 21.0. The standard InChI is InChI=1S/C24H18FN3O4S/c25-18-2-1-3-22(16-18)32-21-8-6-19(7-9-21)27-24(29)17-4-10-23(11-5-17)33(30,31)28-20-12-14-26-15-13-20/h1-16H,(H,26,28)(H,27,29). The number of ether oxygens (including phenoxy) is 1. The molecule has 1 amide bonds. The highest BCUT2D eigenvalue weighted by Gasteiger charge is 2.15. The maximum absolute atomic E-state index is 13.3. The lowest BCUT2D eigenvalue weighted by Gasteiger charge is -2.10. The predicted molar refractivity (Wildman–Crippen MR) is 122 cm³/mol. The molecule has 0 spiro atoms. The van der Waals surface area contributed by atoms with Crippen molar-refractivity contribution >= 4 is 27.3 Å². The first-order chi connectivity index (χ1) is 15.9. The average molecular weight is 463 g/mol. The monoisotopic (exact) mass is 463 g/mol. The van der Waals surface area contributed by atoms with Crippen LogP contribution in [0.2, 0.25) is 0 Å². The Kier molecular flexibility index (Phi) is 6.32. The van der Waals surface area contributed by atoms with Gasteiger partial charge in [-0.15, -0.1) is 0 Å². The quantitative estimate of drug-likeness (QED) is 0.399. The molecule has 0 aliphatic carbocycles. The lowest BCUT2D eigenvalue weighted by molar-refractivity contribution is 0.102. The van der Waals surface area contributed by atoms with Gasteiger partial charge < -0.3 is 10.1 Å². The number of amides is 1. The summed E-state index contributed by atoms with van der Waals surface area (Å²) in [5.41, 5.74) is 1.19. The van der Waals surface area contributed by atoms with E-state index in [-0.39, 0.29) is 10.5 Å². The molecule has 0 saturated carbocycles. The molecule has 7 nitrogen and oxygen atoms in total. The van der Waals surface area contributed by atoms with Crippen LogP contribution in [0.15, 0.2) is 102 Å². The Labute approximate surface area is 189 Å². The maximum atomic E-state index is 13.3. The van der Waals surface area contributed by atoms with Gasteiger partial charge in [0.15, 0.2) is 0 Å². The van der Waals surface area contributed by atoms with Crippen molar-refractivity contribution in [2.24, 2.45) is 0 Å². The van der Waals surface area contributed by atoms with E-state index in [1.54, 1.807) is 36.4 Å². The second-order valence-corrected chi connectivity index (χ2v) is 8.59. The molecule has 166 valence electrons. The number of carbonyl (C=O) groups is 1. The van der Waals surface area contributed by atoms with Crippen LogP contribution in [-0.2, 0) is 10.0 Å². The Morgan fingerprint density at radius 3 is 2.18 bits per heavy atom. The summed E-state index contributed by atoms with van der Waals surface area (Å²) in [6.45, 7) is 0. The number of anilines is 2. The molecule has 1 aromatic heterocycles. The Hall–Kier alpha value is -4.24. The van der Waals surface area contributed by atoms with E-state index in [1.807, 2.05) is 0 Å². The van der Waals surface area contributed by atoms with Crippen LogP contribution in [0.3, 0.4) is 0 Å². The number of aromatic nitrogens is 1. The molecule has 0 bridgehead atoms. The zero-order valence-corrected chi connectivity index (χ0v) is 17.9. The largest absolute Gasteiger partial charge is 0.457 e. The normalized spacial score (nSPS) is 10.9. The Morgan fingerprint density at radius 1 is 0.818 bits per heavy atom. The van der Waals surface area contributed by atoms with Crippen LogP contribution in [0.1, 0.15) is 10.4 Å². The van der Waals surface area contributed by atoms with E-state index < -0.39 is 21.7 Å². The summed E-state index contributed by atoms with van der Waals surface area (Å²) in [6.07, 6.45) is 2.96. The van der Waals surface area contributed by atoms with Gasteiger partial charge in [-0.2, -0.15) is 0 Å². The van der Waals surface area contributed by atoms with E-state index >= 15 is 0 Å². The van der Waals surface area contributed by atoms with Gasteiger partial charge in [-0.1, -0.05) is 6.07 Å². The number of sulfonamides is 1. The molecular formula is C24H18FN3O4S. The summed E-state index contributed by atoms with van der Waals surface area (Å²) < 4.78 is 46.3. The number of carbonyl (C=O) groups excluding carboxylic acids is 1. The van der Waals surface area contributed by atoms with E-state index in [2.05, 4.69) is 15.0 Å². The zero-order chi connectivity index (χ0) is 23.3. The van der Waals surface area contributed by atoms with E-state index in [9.17, 15) is 17.6 Å². The molecule has 0 atom stereocenters. The maximum Gasteiger partial charge on any atom is 0.261 e. The third kappa shape index (κ3) is 5.72. The fourth-order valence-electron chi connectivity index (χ4n) is 2.90. The van der Waals surface area contributed by atoms with Crippen molar-refractivity contribution < 1.29 is 22.3 Å². The Bertz CT molecular complexity index is 1360. The van der Waals surface area contributed by atoms with Crippen LogP contribution in [-0.4, -0.2) is 19.3 Å². The highest BCUT2D eigenvalue weighted by atomic mass is 32.2. The summed E-state index contributed by atoms with van der Waals surface area (Å²) in [5.74, 6) is 0.0401. The molecule has 2 N–H and O–H groups in total. The zero-order valence-electron chi connectivity index (χ0n) is 17.1. The second kappa shape index (κ2) is 9.49. The van der Waals surface area contributed by atoms with Crippen LogP contribution in [0.5, 0.6) is 11.5 Å². The lowest BCUT2D eigenvalue weighted by Crippen LogP contribution is -2.14. The molecule has 4 aromatic rings. The smallest absolute Gasteiger partial charge is 0.261 e. The van der Waals surface area contributed by atoms with E-state index in [0.29, 0.717) is 22.9 Å². The van der Waals surface area contributed by atoms with Crippen LogP contribution in [0, 0.1) is 5.82 Å². The molecule has 1 heterocycles. The third-order valence-electron chi connectivity index (χ3n) is 4.50. The minimum Gasteiger partial charge on any atom is -0.457 e. The molecule has 0 aliphatic heterocycles. The first-order valence-electron chi connectivity index (χ1n) is 9.77. The van der Waals surface area contributed by atoms with Crippen molar-refractivity contribution in [1.82, 2.24) is 4.98 Å². The first kappa shape index (κ1) is 22.0. The van der Waals surface area contributed by atoms with Crippen LogP contribution >= 0.6 is 0 Å². The van der Waals surface area contributed by atoms with Gasteiger partial charge in [-0.3, -0.25) is 14.5 Å².